The van der Waals surface area contributed by atoms with Gasteiger partial charge in [-0.1, -0.05) is 20.8 Å². The molecule has 0 radical (unpaired) electrons. The largest absolute Gasteiger partial charge is 2.00 e. The molecule has 0 unspecified atom stereocenters. The zero-order valence-electron chi connectivity index (χ0n) is 8.29. The maximum Gasteiger partial charge on any atom is 2.00 e. The fraction of sp³-hybridized carbons (Fsp3) is 0.273. The normalized spacial score (nSPS) is 9.31. The molecule has 0 aliphatic heterocycles. The summed E-state index contributed by atoms with van der Waals surface area (Å²) < 4.78 is 0. The maximum atomic E-state index is 7.16. The van der Waals surface area contributed by atoms with Crippen molar-refractivity contribution in [3.63, 3.8) is 0 Å². The number of nitrogens with one attached hydrogen (secondary N) is 1. The zero-order chi connectivity index (χ0) is 9.40. The first-order valence-corrected chi connectivity index (χ1v) is 4.15. The molecule has 0 saturated carbocycles. The Morgan fingerprint density at radius 1 is 1.38 bits per heavy atom. The van der Waals surface area contributed by atoms with Crippen molar-refractivity contribution >= 4 is 6.08 Å². The molecule has 1 aromatic carbocycles. The first kappa shape index (κ1) is 14.9. The fourth-order valence-electron chi connectivity index (χ4n) is 0.730. The zero-order valence-corrected chi connectivity index (χ0v) is 11.2. The monoisotopic (exact) mass is 345 g/mol. The predicted molar refractivity (Wildman–Crippen MR) is 54.6 cm³/mol. The van der Waals surface area contributed by atoms with Crippen LogP contribution in [0.4, 0.5) is 0 Å². The van der Waals surface area contributed by atoms with E-state index in [9.17, 15) is 0 Å². The second-order valence-electron chi connectivity index (χ2n) is 2.15. The summed E-state index contributed by atoms with van der Waals surface area (Å²) in [4.78, 5) is 0. The molecule has 1 rings (SSSR count). The minimum atomic E-state index is 0. The van der Waals surface area contributed by atoms with Crippen LogP contribution in [0.3, 0.4) is 0 Å². The predicted octanol–water partition coefficient (Wildman–Crippen LogP) is 3.92. The average Bonchev–Trinajstić information content (AvgIpc) is 2.08. The van der Waals surface area contributed by atoms with Crippen molar-refractivity contribution in [1.82, 2.24) is 0 Å². The van der Waals surface area contributed by atoms with E-state index in [0.29, 0.717) is 5.70 Å². The minimum absolute atomic E-state index is 0. The van der Waals surface area contributed by atoms with Crippen LogP contribution in [0.1, 0.15) is 26.3 Å². The van der Waals surface area contributed by atoms with E-state index in [4.69, 9.17) is 5.73 Å². The first-order chi connectivity index (χ1) is 5.79. The first-order valence-electron chi connectivity index (χ1n) is 4.15. The van der Waals surface area contributed by atoms with Crippen LogP contribution in [-0.2, 0) is 21.1 Å². The third-order valence-electron chi connectivity index (χ3n) is 1.11. The van der Waals surface area contributed by atoms with Gasteiger partial charge >= 0.3 is 21.1 Å². The van der Waals surface area contributed by atoms with Crippen LogP contribution in [0.15, 0.2) is 30.0 Å². The van der Waals surface area contributed by atoms with Crippen LogP contribution in [0.25, 0.3) is 11.8 Å². The maximum absolute atomic E-state index is 7.16. The fourth-order valence-corrected chi connectivity index (χ4v) is 0.730. The number of hydrogen-bond acceptors (Lipinski definition) is 0. The van der Waals surface area contributed by atoms with Gasteiger partial charge in [0.05, 0.1) is 0 Å². The summed E-state index contributed by atoms with van der Waals surface area (Å²) in [6.45, 7) is 5.75. The second kappa shape index (κ2) is 9.54. The smallest absolute Gasteiger partial charge is 0.710 e. The quantitative estimate of drug-likeness (QED) is 0.689. The molecular weight excluding hydrogens is 330 g/mol. The molecule has 0 aliphatic carbocycles. The van der Waals surface area contributed by atoms with Crippen molar-refractivity contribution in [3.8, 4) is 0 Å². The third-order valence-corrected chi connectivity index (χ3v) is 1.11. The average molecular weight is 345 g/mol. The van der Waals surface area contributed by atoms with Gasteiger partial charge in [-0.2, -0.15) is 11.6 Å². The van der Waals surface area contributed by atoms with Gasteiger partial charge in [0.2, 0.25) is 0 Å². The van der Waals surface area contributed by atoms with E-state index in [1.165, 1.54) is 0 Å². The van der Waals surface area contributed by atoms with Crippen molar-refractivity contribution in [2.24, 2.45) is 0 Å². The standard InChI is InChI=1S/C9H9N.C2H6.W/c1-8(10)7-9-5-3-2-4-6-9;1-2;/h2-5,7,10H,1H3;1-2H3;/q-2;;+2/b8-7-;;. The molecule has 0 fully saturated rings. The summed E-state index contributed by atoms with van der Waals surface area (Å²) in [6, 6.07) is 10.6. The van der Waals surface area contributed by atoms with Crippen LogP contribution in [0.2, 0.25) is 0 Å². The number of allylic oxidation sites excluding steroid dienone is 1. The Balaban J connectivity index is 0. The van der Waals surface area contributed by atoms with Gasteiger partial charge in [0.25, 0.3) is 0 Å². The Bertz CT molecular complexity index is 225. The molecule has 13 heavy (non-hydrogen) atoms. The molecular formula is C11H15NW. The SMILES string of the molecule is C/C([NH-])=C/c1[c-]cccc1.CC.[W+2]. The Hall–Kier alpha value is -0.552. The van der Waals surface area contributed by atoms with Crippen LogP contribution >= 0.6 is 0 Å². The van der Waals surface area contributed by atoms with Gasteiger partial charge in [0.15, 0.2) is 0 Å². The van der Waals surface area contributed by atoms with E-state index in [1.54, 1.807) is 13.0 Å². The van der Waals surface area contributed by atoms with Crippen molar-refractivity contribution < 1.29 is 21.1 Å². The Labute approximate surface area is 95.3 Å². The van der Waals surface area contributed by atoms with Gasteiger partial charge in [0.1, 0.15) is 0 Å². The molecule has 0 saturated heterocycles. The van der Waals surface area contributed by atoms with E-state index in [-0.39, 0.29) is 21.1 Å². The Morgan fingerprint density at radius 2 is 2.00 bits per heavy atom. The van der Waals surface area contributed by atoms with E-state index in [2.05, 4.69) is 6.07 Å². The summed E-state index contributed by atoms with van der Waals surface area (Å²) in [7, 11) is 0. The van der Waals surface area contributed by atoms with Crippen molar-refractivity contribution in [2.75, 3.05) is 0 Å². The number of hydrogen-bond donors (Lipinski definition) is 0. The van der Waals surface area contributed by atoms with Gasteiger partial charge in [-0.05, 0) is 0 Å². The molecule has 1 N–H and O–H groups in total. The van der Waals surface area contributed by atoms with Crippen molar-refractivity contribution in [1.29, 1.82) is 0 Å². The molecule has 0 amide bonds. The molecule has 0 aliphatic rings. The van der Waals surface area contributed by atoms with Crippen LogP contribution in [0.5, 0.6) is 0 Å². The van der Waals surface area contributed by atoms with E-state index >= 15 is 0 Å². The summed E-state index contributed by atoms with van der Waals surface area (Å²) in [5.41, 5.74) is 8.68. The molecule has 0 spiro atoms. The van der Waals surface area contributed by atoms with E-state index in [1.807, 2.05) is 38.1 Å². The molecule has 2 heteroatoms. The summed E-state index contributed by atoms with van der Waals surface area (Å²) >= 11 is 0. The number of benzene rings is 1. The molecule has 70 valence electrons. The van der Waals surface area contributed by atoms with Crippen molar-refractivity contribution in [3.05, 3.63) is 47.3 Å². The van der Waals surface area contributed by atoms with Crippen LogP contribution < -0.4 is 0 Å². The molecule has 0 atom stereocenters. The molecule has 1 aromatic rings. The Kier molecular flexibility index (Phi) is 11.0. The van der Waals surface area contributed by atoms with Gasteiger partial charge in [-0.15, -0.1) is 30.3 Å². The van der Waals surface area contributed by atoms with Gasteiger partial charge in [0, 0.05) is 0 Å². The second-order valence-corrected chi connectivity index (χ2v) is 2.15. The summed E-state index contributed by atoms with van der Waals surface area (Å²) in [6.07, 6.45) is 1.78. The molecule has 0 bridgehead atoms. The summed E-state index contributed by atoms with van der Waals surface area (Å²) in [5, 5.41) is 0. The van der Waals surface area contributed by atoms with Gasteiger partial charge < -0.3 is 5.73 Å². The van der Waals surface area contributed by atoms with Crippen LogP contribution in [-0.4, -0.2) is 0 Å². The molecule has 0 heterocycles. The molecule has 0 aromatic heterocycles. The van der Waals surface area contributed by atoms with Crippen LogP contribution in [0, 0.1) is 6.07 Å². The van der Waals surface area contributed by atoms with E-state index < -0.39 is 0 Å². The summed E-state index contributed by atoms with van der Waals surface area (Å²) in [5.74, 6) is 0. The Morgan fingerprint density at radius 3 is 2.38 bits per heavy atom. The third kappa shape index (κ3) is 7.80. The minimum Gasteiger partial charge on any atom is -0.710 e. The molecule has 1 nitrogen and oxygen atoms in total. The topological polar surface area (TPSA) is 23.8 Å². The van der Waals surface area contributed by atoms with E-state index in [0.717, 1.165) is 5.56 Å². The van der Waals surface area contributed by atoms with Gasteiger partial charge in [-0.3, -0.25) is 0 Å². The number of rotatable bonds is 1. The van der Waals surface area contributed by atoms with Gasteiger partial charge in [-0.25, -0.2) is 5.70 Å². The van der Waals surface area contributed by atoms with Crippen molar-refractivity contribution in [2.45, 2.75) is 20.8 Å².